The first kappa shape index (κ1) is 29.2. The third kappa shape index (κ3) is 5.60. The summed E-state index contributed by atoms with van der Waals surface area (Å²) in [7, 11) is 0.171. The third-order valence-electron chi connectivity index (χ3n) is 8.03. The van der Waals surface area contributed by atoms with Crippen LogP contribution in [0.2, 0.25) is 18.6 Å². The number of nitrogens with zero attached hydrogens (tertiary/aromatic N) is 4. The summed E-state index contributed by atoms with van der Waals surface area (Å²) < 4.78 is 18.8. The lowest BCUT2D eigenvalue weighted by molar-refractivity contribution is -0.146. The Hall–Kier alpha value is -2.80. The zero-order chi connectivity index (χ0) is 28.4. The summed E-state index contributed by atoms with van der Waals surface area (Å²) in [5.74, 6) is -0.0704. The standard InChI is InChI=1S/C27H40N4O7Si/c1-18-25(39(4,5)35)23(11-14-30-17-19(12-15-32)28-29-30)38-27(18)21-16-20(36-2)9-10-22(21)31(26(27)34)13-7-6-8-24(33)37-3/h9-10,16-18,23,25,32,35H,6-8,11-15H2,1-5H3/t18-,23+,25-,27+/m0/s1. The van der Waals surface area contributed by atoms with Gasteiger partial charge < -0.3 is 29.0 Å². The lowest BCUT2D eigenvalue weighted by Crippen LogP contribution is -2.46. The Balaban J connectivity index is 1.64. The summed E-state index contributed by atoms with van der Waals surface area (Å²) in [6, 6.07) is 5.60. The number of benzene rings is 1. The number of esters is 1. The van der Waals surface area contributed by atoms with E-state index in [4.69, 9.17) is 14.2 Å². The van der Waals surface area contributed by atoms with E-state index in [-0.39, 0.29) is 36.0 Å². The minimum absolute atomic E-state index is 0.00100. The molecule has 12 heteroatoms. The average molecular weight is 561 g/mol. The number of anilines is 1. The Morgan fingerprint density at radius 2 is 2.00 bits per heavy atom. The van der Waals surface area contributed by atoms with Crippen molar-refractivity contribution in [3.8, 4) is 5.75 Å². The van der Waals surface area contributed by atoms with E-state index in [0.717, 1.165) is 11.3 Å². The number of rotatable bonds is 12. The van der Waals surface area contributed by atoms with Crippen molar-refractivity contribution in [2.24, 2.45) is 5.92 Å². The van der Waals surface area contributed by atoms with Gasteiger partial charge in [0.15, 0.2) is 13.9 Å². The fourth-order valence-electron chi connectivity index (χ4n) is 6.25. The van der Waals surface area contributed by atoms with Crippen molar-refractivity contribution >= 4 is 25.9 Å². The van der Waals surface area contributed by atoms with Gasteiger partial charge in [-0.25, -0.2) is 0 Å². The van der Waals surface area contributed by atoms with Crippen LogP contribution in [0.1, 0.15) is 43.9 Å². The molecule has 0 aliphatic carbocycles. The van der Waals surface area contributed by atoms with Gasteiger partial charge in [-0.05, 0) is 50.6 Å². The van der Waals surface area contributed by atoms with Gasteiger partial charge in [-0.15, -0.1) is 5.10 Å². The second-order valence-corrected chi connectivity index (χ2v) is 14.9. The van der Waals surface area contributed by atoms with Gasteiger partial charge in [0, 0.05) is 55.8 Å². The molecule has 214 valence electrons. The summed E-state index contributed by atoms with van der Waals surface area (Å²) in [5.41, 5.74) is 0.772. The van der Waals surface area contributed by atoms with Crippen LogP contribution in [0.3, 0.4) is 0 Å². The predicted molar refractivity (Wildman–Crippen MR) is 146 cm³/mol. The molecule has 2 aromatic rings. The van der Waals surface area contributed by atoms with Crippen molar-refractivity contribution in [3.63, 3.8) is 0 Å². The first-order chi connectivity index (χ1) is 18.6. The number of fused-ring (bicyclic) bond motifs is 2. The number of unbranched alkanes of at least 4 members (excludes halogenated alkanes) is 1. The summed E-state index contributed by atoms with van der Waals surface area (Å²) >= 11 is 0. The largest absolute Gasteiger partial charge is 0.497 e. The van der Waals surface area contributed by atoms with Crippen LogP contribution in [0, 0.1) is 5.92 Å². The van der Waals surface area contributed by atoms with Gasteiger partial charge in [0.05, 0.1) is 31.7 Å². The van der Waals surface area contributed by atoms with Gasteiger partial charge in [-0.3, -0.25) is 14.3 Å². The summed E-state index contributed by atoms with van der Waals surface area (Å²) in [6.07, 6.45) is 3.93. The average Bonchev–Trinajstić information content (AvgIpc) is 3.54. The number of methoxy groups -OCH3 is 2. The Bertz CT molecular complexity index is 1180. The first-order valence-electron chi connectivity index (χ1n) is 13.5. The molecule has 1 amide bonds. The number of aryl methyl sites for hydroxylation is 1. The van der Waals surface area contributed by atoms with E-state index in [1.807, 2.05) is 38.2 Å². The van der Waals surface area contributed by atoms with Gasteiger partial charge in [-0.2, -0.15) is 0 Å². The first-order valence-corrected chi connectivity index (χ1v) is 16.6. The number of carbonyl (C=O) groups is 2. The highest BCUT2D eigenvalue weighted by Crippen LogP contribution is 2.60. The molecule has 2 N–H and O–H groups in total. The normalized spacial score (nSPS) is 24.4. The van der Waals surface area contributed by atoms with Crippen molar-refractivity contribution in [2.75, 3.05) is 32.3 Å². The van der Waals surface area contributed by atoms with Crippen LogP contribution in [0.15, 0.2) is 24.4 Å². The number of aromatic nitrogens is 3. The van der Waals surface area contributed by atoms with E-state index >= 15 is 0 Å². The highest BCUT2D eigenvalue weighted by Gasteiger charge is 2.66. The lowest BCUT2D eigenvalue weighted by atomic mass is 9.82. The molecule has 0 saturated carbocycles. The smallest absolute Gasteiger partial charge is 0.305 e. The fourth-order valence-corrected chi connectivity index (χ4v) is 8.86. The van der Waals surface area contributed by atoms with Crippen molar-refractivity contribution in [1.29, 1.82) is 0 Å². The monoisotopic (exact) mass is 560 g/mol. The molecular formula is C27H40N4O7Si. The number of hydrogen-bond acceptors (Lipinski definition) is 9. The van der Waals surface area contributed by atoms with Crippen LogP contribution in [0.25, 0.3) is 0 Å². The second kappa shape index (κ2) is 11.7. The van der Waals surface area contributed by atoms with Crippen LogP contribution < -0.4 is 9.64 Å². The molecule has 0 bridgehead atoms. The van der Waals surface area contributed by atoms with Gasteiger partial charge in [0.1, 0.15) is 5.75 Å². The molecule has 4 atom stereocenters. The van der Waals surface area contributed by atoms with E-state index in [2.05, 4.69) is 10.3 Å². The summed E-state index contributed by atoms with van der Waals surface area (Å²) in [4.78, 5) is 39.1. The number of aliphatic hydroxyl groups is 1. The maximum Gasteiger partial charge on any atom is 0.305 e. The predicted octanol–water partition coefficient (Wildman–Crippen LogP) is 2.40. The van der Waals surface area contributed by atoms with E-state index in [1.165, 1.54) is 7.11 Å². The number of amides is 1. The third-order valence-corrected chi connectivity index (χ3v) is 10.5. The van der Waals surface area contributed by atoms with Crippen molar-refractivity contribution in [2.45, 2.75) is 75.9 Å². The molecule has 2 aliphatic rings. The zero-order valence-corrected chi connectivity index (χ0v) is 24.4. The van der Waals surface area contributed by atoms with Gasteiger partial charge in [0.2, 0.25) is 0 Å². The molecule has 4 rings (SSSR count). The summed E-state index contributed by atoms with van der Waals surface area (Å²) in [5, 5.41) is 17.4. The van der Waals surface area contributed by atoms with Crippen LogP contribution in [-0.4, -0.2) is 78.6 Å². The molecule has 2 aliphatic heterocycles. The van der Waals surface area contributed by atoms with E-state index in [9.17, 15) is 19.5 Å². The Morgan fingerprint density at radius 3 is 2.67 bits per heavy atom. The van der Waals surface area contributed by atoms with Crippen LogP contribution in [0.4, 0.5) is 5.69 Å². The number of ether oxygens (including phenoxy) is 3. The van der Waals surface area contributed by atoms with E-state index in [1.54, 1.807) is 22.9 Å². The maximum atomic E-state index is 14.3. The Labute approximate surface area is 230 Å². The van der Waals surface area contributed by atoms with E-state index in [0.29, 0.717) is 56.6 Å². The van der Waals surface area contributed by atoms with Crippen molar-refractivity contribution in [3.05, 3.63) is 35.7 Å². The highest BCUT2D eigenvalue weighted by atomic mass is 28.4. The fraction of sp³-hybridized carbons (Fsp3) is 0.630. The summed E-state index contributed by atoms with van der Waals surface area (Å²) in [6.45, 7) is 6.75. The van der Waals surface area contributed by atoms with E-state index < -0.39 is 13.9 Å². The Kier molecular flexibility index (Phi) is 8.79. The van der Waals surface area contributed by atoms with Crippen LogP contribution in [0.5, 0.6) is 5.75 Å². The van der Waals surface area contributed by atoms with Gasteiger partial charge in [-0.1, -0.05) is 12.1 Å². The number of carbonyl (C=O) groups excluding carboxylic acids is 2. The SMILES string of the molecule is COC(=O)CCCCN1C(=O)[C@]2(O[C@H](CCn3cc(CCO)nn3)[C@@H]([Si](C)(C)O)[C@@H]2C)c2cc(OC)ccc21. The topological polar surface area (TPSA) is 136 Å². The molecule has 1 saturated heterocycles. The number of hydrogen-bond donors (Lipinski definition) is 2. The minimum Gasteiger partial charge on any atom is -0.497 e. The lowest BCUT2D eigenvalue weighted by Gasteiger charge is -2.32. The molecule has 1 spiro atoms. The molecule has 0 unspecified atom stereocenters. The second-order valence-electron chi connectivity index (χ2n) is 11.0. The van der Waals surface area contributed by atoms with Crippen LogP contribution in [-0.2, 0) is 37.6 Å². The molecule has 1 aromatic carbocycles. The number of aliphatic hydroxyl groups excluding tert-OH is 1. The van der Waals surface area contributed by atoms with Crippen molar-refractivity contribution < 1.29 is 33.7 Å². The molecule has 0 radical (unpaired) electrons. The molecule has 1 fully saturated rings. The van der Waals surface area contributed by atoms with Gasteiger partial charge >= 0.3 is 5.97 Å². The quantitative estimate of drug-likeness (QED) is 0.228. The highest BCUT2D eigenvalue weighted by molar-refractivity contribution is 6.71. The maximum absolute atomic E-state index is 14.3. The van der Waals surface area contributed by atoms with Crippen molar-refractivity contribution in [1.82, 2.24) is 15.0 Å². The molecular weight excluding hydrogens is 520 g/mol. The minimum atomic E-state index is -2.79. The molecule has 39 heavy (non-hydrogen) atoms. The molecule has 3 heterocycles. The zero-order valence-electron chi connectivity index (χ0n) is 23.4. The molecule has 1 aromatic heterocycles. The Morgan fingerprint density at radius 1 is 1.23 bits per heavy atom. The molecule has 11 nitrogen and oxygen atoms in total. The van der Waals surface area contributed by atoms with Gasteiger partial charge in [0.25, 0.3) is 5.91 Å². The van der Waals surface area contributed by atoms with Crippen LogP contribution >= 0.6 is 0 Å².